The van der Waals surface area contributed by atoms with Gasteiger partial charge in [0.05, 0.1) is 0 Å². The first-order valence-electron chi connectivity index (χ1n) is 9.70. The van der Waals surface area contributed by atoms with Crippen LogP contribution in [0.2, 0.25) is 0 Å². The average Bonchev–Trinajstić information content (AvgIpc) is 2.49. The molecule has 5 nitrogen and oxygen atoms in total. The monoisotopic (exact) mass is 426 g/mol. The van der Waals surface area contributed by atoms with E-state index in [1.165, 1.54) is 70.6 Å². The molecule has 25 heavy (non-hydrogen) atoms. The number of carbonyl (C=O) groups excluding carboxylic acids is 1. The fourth-order valence-corrected chi connectivity index (χ4v) is 3.15. The molecule has 0 saturated heterocycles. The molecule has 0 aliphatic rings. The molecule has 7 heteroatoms. The molecule has 0 fully saturated rings. The van der Waals surface area contributed by atoms with Crippen molar-refractivity contribution >= 4 is 13.8 Å². The molecule has 0 radical (unpaired) electrons. The van der Waals surface area contributed by atoms with E-state index in [2.05, 4.69) is 11.4 Å². The molecule has 0 rings (SSSR count). The van der Waals surface area contributed by atoms with E-state index in [0.717, 1.165) is 19.3 Å². The third-order valence-electron chi connectivity index (χ3n) is 4.20. The normalized spacial score (nSPS) is 11.2. The Morgan fingerprint density at radius 3 is 1.36 bits per heavy atom. The Morgan fingerprint density at radius 2 is 1.04 bits per heavy atom. The largest absolute Gasteiger partial charge is 2.00 e. The third-order valence-corrected chi connectivity index (χ3v) is 4.63. The molecule has 0 aliphatic carbocycles. The van der Waals surface area contributed by atoms with Crippen molar-refractivity contribution < 1.29 is 43.1 Å². The van der Waals surface area contributed by atoms with Gasteiger partial charge in [0, 0.05) is 6.42 Å². The predicted molar refractivity (Wildman–Crippen MR) is 93.2 cm³/mol. The van der Waals surface area contributed by atoms with Crippen LogP contribution < -0.4 is 9.79 Å². The summed E-state index contributed by atoms with van der Waals surface area (Å²) in [6, 6.07) is 0. The summed E-state index contributed by atoms with van der Waals surface area (Å²) in [5.41, 5.74) is 0. The third kappa shape index (κ3) is 24.2. The van der Waals surface area contributed by atoms with Crippen LogP contribution in [0, 0.1) is 0 Å². The first kappa shape index (κ1) is 27.5. The molecule has 0 spiro atoms. The van der Waals surface area contributed by atoms with Crippen LogP contribution in [-0.2, 0) is 33.4 Å². The zero-order valence-electron chi connectivity index (χ0n) is 16.0. The van der Waals surface area contributed by atoms with Crippen molar-refractivity contribution in [2.75, 3.05) is 0 Å². The van der Waals surface area contributed by atoms with Gasteiger partial charge in [-0.15, -0.1) is 0 Å². The second kappa shape index (κ2) is 19.0. The summed E-state index contributed by atoms with van der Waals surface area (Å²) in [6.07, 6.45) is 18.4. The van der Waals surface area contributed by atoms with Gasteiger partial charge < -0.3 is 18.9 Å². The van der Waals surface area contributed by atoms with E-state index in [1.807, 2.05) is 0 Å². The van der Waals surface area contributed by atoms with Crippen molar-refractivity contribution in [2.45, 2.75) is 110 Å². The molecular weight excluding hydrogens is 393 g/mol. The molecule has 0 aliphatic heterocycles. The van der Waals surface area contributed by atoms with Crippen LogP contribution in [0.25, 0.3) is 0 Å². The van der Waals surface area contributed by atoms with E-state index < -0.39 is 13.8 Å². The molecule has 0 N–H and O–H groups in total. The maximum atomic E-state index is 11.0. The van der Waals surface area contributed by atoms with Gasteiger partial charge in [0.1, 0.15) is 7.82 Å². The Hall–Kier alpha value is 0.243. The molecule has 0 aromatic carbocycles. The summed E-state index contributed by atoms with van der Waals surface area (Å²) in [5, 5.41) is 0. The fourth-order valence-electron chi connectivity index (χ4n) is 2.81. The smallest absolute Gasteiger partial charge is 0.780 e. The van der Waals surface area contributed by atoms with Gasteiger partial charge in [-0.1, -0.05) is 96.8 Å². The van der Waals surface area contributed by atoms with Crippen LogP contribution in [-0.4, -0.2) is 5.97 Å². The van der Waals surface area contributed by atoms with Crippen molar-refractivity contribution in [1.29, 1.82) is 0 Å². The molecule has 0 bridgehead atoms. The second-order valence-electron chi connectivity index (χ2n) is 6.61. The zero-order chi connectivity index (χ0) is 18.1. The predicted octanol–water partition coefficient (Wildman–Crippen LogP) is 4.62. The van der Waals surface area contributed by atoms with Gasteiger partial charge in [-0.25, -0.2) is 0 Å². The molecule has 0 atom stereocenters. The van der Waals surface area contributed by atoms with Crippen molar-refractivity contribution in [3.05, 3.63) is 0 Å². The van der Waals surface area contributed by atoms with Gasteiger partial charge in [0.15, 0.2) is 0 Å². The minimum absolute atomic E-state index is 0. The van der Waals surface area contributed by atoms with E-state index in [9.17, 15) is 19.1 Å². The van der Waals surface area contributed by atoms with Crippen molar-refractivity contribution in [3.63, 3.8) is 0 Å². The summed E-state index contributed by atoms with van der Waals surface area (Å²) < 4.78 is 14.0. The number of unbranched alkanes of at least 4 members (excludes halogenated alkanes) is 14. The van der Waals surface area contributed by atoms with Gasteiger partial charge >= 0.3 is 25.4 Å². The Morgan fingerprint density at radius 1 is 0.720 bits per heavy atom. The summed E-state index contributed by atoms with van der Waals surface area (Å²) in [5.74, 6) is -0.932. The summed E-state index contributed by atoms with van der Waals surface area (Å²) >= 11 is 0. The van der Waals surface area contributed by atoms with Crippen LogP contribution in [0.15, 0.2) is 0 Å². The number of carbonyl (C=O) groups is 1. The van der Waals surface area contributed by atoms with Gasteiger partial charge in [0.25, 0.3) is 0 Å². The first-order valence-corrected chi connectivity index (χ1v) is 11.2. The maximum Gasteiger partial charge on any atom is 2.00 e. The van der Waals surface area contributed by atoms with Crippen LogP contribution >= 0.6 is 7.82 Å². The molecule has 0 heterocycles. The summed E-state index contributed by atoms with van der Waals surface area (Å²) in [7, 11) is -5.16. The number of hydrogen-bond acceptors (Lipinski definition) is 5. The SMILES string of the molecule is CCCCCCCCCCCCCCCCCC(=O)OP(=O)([O-])[O-].[Zn+2]. The standard InChI is InChI=1S/C18H37O5P.Zn/c1-2-3-4-5-6-7-8-9-10-11-12-13-14-15-16-17-18(19)23-24(20,21)22;/h2-17H2,1H3,(H2,20,21,22);/q;+2/p-2. The van der Waals surface area contributed by atoms with E-state index >= 15 is 0 Å². The molecule has 0 saturated carbocycles. The van der Waals surface area contributed by atoms with Crippen LogP contribution in [0.4, 0.5) is 0 Å². The average molecular weight is 428 g/mol. The van der Waals surface area contributed by atoms with Gasteiger partial charge in [-0.3, -0.25) is 4.79 Å². The Bertz CT molecular complexity index is 346. The van der Waals surface area contributed by atoms with Crippen LogP contribution in [0.1, 0.15) is 110 Å². The van der Waals surface area contributed by atoms with Crippen molar-refractivity contribution in [2.24, 2.45) is 0 Å². The van der Waals surface area contributed by atoms with Gasteiger partial charge in [0.2, 0.25) is 0 Å². The van der Waals surface area contributed by atoms with Crippen molar-refractivity contribution in [1.82, 2.24) is 0 Å². The second-order valence-corrected chi connectivity index (χ2v) is 7.69. The number of rotatable bonds is 17. The van der Waals surface area contributed by atoms with Crippen LogP contribution in [0.5, 0.6) is 0 Å². The Labute approximate surface area is 166 Å². The maximum absolute atomic E-state index is 11.0. The molecule has 0 aromatic rings. The minimum atomic E-state index is -5.16. The fraction of sp³-hybridized carbons (Fsp3) is 0.944. The topological polar surface area (TPSA) is 89.5 Å². The summed E-state index contributed by atoms with van der Waals surface area (Å²) in [4.78, 5) is 31.5. The van der Waals surface area contributed by atoms with Crippen molar-refractivity contribution in [3.8, 4) is 0 Å². The molecule has 144 valence electrons. The Balaban J connectivity index is 0. The van der Waals surface area contributed by atoms with Crippen LogP contribution in [0.3, 0.4) is 0 Å². The minimum Gasteiger partial charge on any atom is -0.780 e. The molecule has 0 unspecified atom stereocenters. The van der Waals surface area contributed by atoms with Gasteiger partial charge in [-0.05, 0) is 6.42 Å². The van der Waals surface area contributed by atoms with E-state index in [-0.39, 0.29) is 25.9 Å². The Kier molecular flexibility index (Phi) is 20.9. The number of phosphoric ester groups is 1. The molecule has 0 aromatic heterocycles. The van der Waals surface area contributed by atoms with E-state index in [1.54, 1.807) is 0 Å². The number of hydrogen-bond donors (Lipinski definition) is 0. The van der Waals surface area contributed by atoms with E-state index in [4.69, 9.17) is 0 Å². The molecular formula is C18H35O5PZn. The summed E-state index contributed by atoms with van der Waals surface area (Å²) in [6.45, 7) is 2.25. The quantitative estimate of drug-likeness (QED) is 0.192. The number of phosphoric acid groups is 1. The van der Waals surface area contributed by atoms with Gasteiger partial charge in [-0.2, -0.15) is 0 Å². The zero-order valence-corrected chi connectivity index (χ0v) is 19.9. The molecule has 0 amide bonds. The van der Waals surface area contributed by atoms with E-state index in [0.29, 0.717) is 6.42 Å². The first-order chi connectivity index (χ1) is 11.5.